The molecule has 0 aromatic carbocycles. The molecule has 0 rings (SSSR count). The van der Waals surface area contributed by atoms with E-state index in [1.165, 1.54) is 25.7 Å². The van der Waals surface area contributed by atoms with Gasteiger partial charge in [-0.3, -0.25) is 18.6 Å². The molecule has 0 amide bonds. The van der Waals surface area contributed by atoms with Gasteiger partial charge in [-0.1, -0.05) is 149 Å². The SMILES string of the molecule is CC/C=C\C/C=C\C/C=C\C/C=C\C=C/C(O)C/C=C\CCC(=O)O[C@H](COC(=O)CCCCCC/C=C\C/C=C\C/C=C\CCCCC)COP(=O)(O)OCCN. The smallest absolute Gasteiger partial charge is 0.462 e. The predicted molar refractivity (Wildman–Crippen MR) is 239 cm³/mol. The first kappa shape index (κ1) is 54.6. The molecule has 0 aliphatic rings. The Balaban J connectivity index is 4.46. The number of phosphoric ester groups is 1. The molecule has 0 heterocycles. The number of aliphatic hydroxyl groups is 1. The van der Waals surface area contributed by atoms with Crippen molar-refractivity contribution in [3.8, 4) is 0 Å². The number of rotatable bonds is 38. The van der Waals surface area contributed by atoms with Gasteiger partial charge in [0.15, 0.2) is 6.10 Å². The third kappa shape index (κ3) is 40.8. The summed E-state index contributed by atoms with van der Waals surface area (Å²) in [4.78, 5) is 34.9. The highest BCUT2D eigenvalue weighted by atomic mass is 31.2. The lowest BCUT2D eigenvalue weighted by molar-refractivity contribution is -0.161. The third-order valence-corrected chi connectivity index (χ3v) is 9.22. The number of carbonyl (C=O) groups excluding carboxylic acids is 2. The number of phosphoric acid groups is 1. The van der Waals surface area contributed by atoms with Gasteiger partial charge in [0.2, 0.25) is 0 Å². The summed E-state index contributed by atoms with van der Waals surface area (Å²) >= 11 is 0. The molecule has 0 aliphatic carbocycles. The number of esters is 2. The zero-order valence-electron chi connectivity index (χ0n) is 35.6. The van der Waals surface area contributed by atoms with E-state index in [-0.39, 0.29) is 32.6 Å². The normalized spacial score (nSPS) is 14.9. The molecule has 0 aromatic heterocycles. The number of allylic oxidation sites excluding steroid dienone is 16. The fraction of sp³-hybridized carbons (Fsp3) is 0.574. The molecule has 0 aliphatic heterocycles. The van der Waals surface area contributed by atoms with Gasteiger partial charge in [-0.05, 0) is 83.5 Å². The van der Waals surface area contributed by atoms with Gasteiger partial charge in [-0.25, -0.2) is 4.57 Å². The van der Waals surface area contributed by atoms with Crippen molar-refractivity contribution in [1.82, 2.24) is 0 Å². The summed E-state index contributed by atoms with van der Waals surface area (Å²) in [5.74, 6) is -1.05. The van der Waals surface area contributed by atoms with Crippen LogP contribution in [0.15, 0.2) is 109 Å². The highest BCUT2D eigenvalue weighted by Gasteiger charge is 2.25. The number of aliphatic hydroxyl groups excluding tert-OH is 1. The van der Waals surface area contributed by atoms with Gasteiger partial charge in [-0.15, -0.1) is 0 Å². The molecular weight excluding hydrogens is 753 g/mol. The van der Waals surface area contributed by atoms with Crippen molar-refractivity contribution >= 4 is 19.8 Å². The fourth-order valence-corrected chi connectivity index (χ4v) is 5.81. The summed E-state index contributed by atoms with van der Waals surface area (Å²) < 4.78 is 32.6. The maximum absolute atomic E-state index is 12.6. The average molecular weight is 830 g/mol. The van der Waals surface area contributed by atoms with Gasteiger partial charge in [0, 0.05) is 19.4 Å². The van der Waals surface area contributed by atoms with Crippen molar-refractivity contribution in [2.24, 2.45) is 5.73 Å². The van der Waals surface area contributed by atoms with Crippen LogP contribution in [0.5, 0.6) is 0 Å². The van der Waals surface area contributed by atoms with Crippen LogP contribution >= 0.6 is 7.82 Å². The van der Waals surface area contributed by atoms with Crippen molar-refractivity contribution in [3.63, 3.8) is 0 Å². The Bertz CT molecular complexity index is 1330. The zero-order chi connectivity index (χ0) is 42.6. The van der Waals surface area contributed by atoms with Crippen molar-refractivity contribution in [2.45, 2.75) is 148 Å². The summed E-state index contributed by atoms with van der Waals surface area (Å²) in [5.41, 5.74) is 5.33. The molecule has 0 aromatic rings. The largest absolute Gasteiger partial charge is 0.472 e. The van der Waals surface area contributed by atoms with E-state index in [2.05, 4.69) is 86.8 Å². The molecule has 2 unspecified atom stereocenters. The summed E-state index contributed by atoms with van der Waals surface area (Å²) in [6, 6.07) is 0. The Hall–Kier alpha value is -3.37. The Morgan fingerprint density at radius 1 is 0.621 bits per heavy atom. The minimum Gasteiger partial charge on any atom is -0.462 e. The van der Waals surface area contributed by atoms with Crippen LogP contribution in [0.25, 0.3) is 0 Å². The summed E-state index contributed by atoms with van der Waals surface area (Å²) in [6.45, 7) is 3.32. The number of ether oxygens (including phenoxy) is 2. The Morgan fingerprint density at radius 2 is 1.19 bits per heavy atom. The lowest BCUT2D eigenvalue weighted by atomic mass is 10.1. The van der Waals surface area contributed by atoms with Crippen LogP contribution in [0, 0.1) is 0 Å². The van der Waals surface area contributed by atoms with E-state index in [1.54, 1.807) is 24.3 Å². The monoisotopic (exact) mass is 830 g/mol. The first-order valence-corrected chi connectivity index (χ1v) is 23.0. The van der Waals surface area contributed by atoms with Crippen LogP contribution in [-0.2, 0) is 32.7 Å². The Morgan fingerprint density at radius 3 is 1.81 bits per heavy atom. The Kier molecular flexibility index (Phi) is 39.4. The number of unbranched alkanes of at least 4 members (excludes halogenated alkanes) is 7. The van der Waals surface area contributed by atoms with Crippen molar-refractivity contribution in [3.05, 3.63) is 109 Å². The molecule has 0 radical (unpaired) electrons. The second-order valence-corrected chi connectivity index (χ2v) is 15.1. The summed E-state index contributed by atoms with van der Waals surface area (Å²) in [7, 11) is -4.44. The van der Waals surface area contributed by atoms with E-state index < -0.39 is 38.6 Å². The Labute approximate surface area is 351 Å². The second-order valence-electron chi connectivity index (χ2n) is 13.7. The minimum absolute atomic E-state index is 0.0119. The van der Waals surface area contributed by atoms with Gasteiger partial charge in [0.1, 0.15) is 6.61 Å². The quantitative estimate of drug-likeness (QED) is 0.0180. The average Bonchev–Trinajstić information content (AvgIpc) is 3.20. The summed E-state index contributed by atoms with van der Waals surface area (Å²) in [6.07, 6.45) is 51.5. The van der Waals surface area contributed by atoms with Gasteiger partial charge >= 0.3 is 19.8 Å². The second kappa shape index (κ2) is 41.8. The van der Waals surface area contributed by atoms with E-state index in [1.807, 2.05) is 12.2 Å². The van der Waals surface area contributed by atoms with E-state index in [9.17, 15) is 24.2 Å². The van der Waals surface area contributed by atoms with Crippen molar-refractivity contribution in [1.29, 1.82) is 0 Å². The minimum atomic E-state index is -4.44. The van der Waals surface area contributed by atoms with Gasteiger partial charge in [0.25, 0.3) is 0 Å². The number of nitrogens with two attached hydrogens (primary N) is 1. The van der Waals surface area contributed by atoms with E-state index in [0.717, 1.165) is 64.2 Å². The van der Waals surface area contributed by atoms with Gasteiger partial charge in [-0.2, -0.15) is 0 Å². The first-order chi connectivity index (χ1) is 28.2. The van der Waals surface area contributed by atoms with Crippen LogP contribution < -0.4 is 5.73 Å². The number of carbonyl (C=O) groups is 2. The molecule has 10 nitrogen and oxygen atoms in total. The zero-order valence-corrected chi connectivity index (χ0v) is 36.5. The van der Waals surface area contributed by atoms with E-state index in [0.29, 0.717) is 19.3 Å². The van der Waals surface area contributed by atoms with Gasteiger partial charge in [0.05, 0.1) is 19.3 Å². The molecule has 0 saturated carbocycles. The first-order valence-electron chi connectivity index (χ1n) is 21.5. The molecule has 0 bridgehead atoms. The van der Waals surface area contributed by atoms with Crippen molar-refractivity contribution in [2.75, 3.05) is 26.4 Å². The maximum atomic E-state index is 12.6. The van der Waals surface area contributed by atoms with Crippen molar-refractivity contribution < 1.29 is 42.7 Å². The lowest BCUT2D eigenvalue weighted by Crippen LogP contribution is -2.29. The standard InChI is InChI=1S/C47H76NO9P/c1-3-5-7-9-11-13-15-17-18-19-20-22-24-26-28-30-34-38-46(50)54-42-45(43-56-58(52,53)55-41-40-48)57-47(51)39-35-31-33-37-44(49)36-32-29-27-25-23-21-16-14-12-10-8-6-4-2/h6,8,11-14,17-18,20-23,27,29,31-33,36,44-45,49H,3-5,7,9-10,15-16,19,24-26,28,30,34-35,37-43,48H2,1-2H3,(H,52,53)/b8-6-,13-11-,14-12-,18-17-,22-20-,23-21-,29-27-,33-31-,36-32-/t44?,45-/m1/s1. The molecular formula is C47H76NO9P. The number of hydrogen-bond donors (Lipinski definition) is 3. The highest BCUT2D eigenvalue weighted by Crippen LogP contribution is 2.43. The fourth-order valence-electron chi connectivity index (χ4n) is 5.04. The lowest BCUT2D eigenvalue weighted by Gasteiger charge is -2.19. The molecule has 0 saturated heterocycles. The third-order valence-electron chi connectivity index (χ3n) is 8.24. The van der Waals surface area contributed by atoms with Crippen LogP contribution in [0.3, 0.4) is 0 Å². The van der Waals surface area contributed by atoms with Crippen LogP contribution in [0.4, 0.5) is 0 Å². The molecule has 4 N–H and O–H groups in total. The molecule has 3 atom stereocenters. The molecule has 0 fully saturated rings. The highest BCUT2D eigenvalue weighted by molar-refractivity contribution is 7.47. The van der Waals surface area contributed by atoms with Crippen LogP contribution in [0.1, 0.15) is 136 Å². The number of hydrogen-bond acceptors (Lipinski definition) is 9. The van der Waals surface area contributed by atoms with Crippen LogP contribution in [-0.4, -0.2) is 60.5 Å². The summed E-state index contributed by atoms with van der Waals surface area (Å²) in [5, 5.41) is 10.2. The molecule has 0 spiro atoms. The molecule has 11 heteroatoms. The van der Waals surface area contributed by atoms with E-state index in [4.69, 9.17) is 24.3 Å². The molecule has 328 valence electrons. The van der Waals surface area contributed by atoms with Gasteiger partial charge < -0.3 is 25.2 Å². The molecule has 58 heavy (non-hydrogen) atoms. The maximum Gasteiger partial charge on any atom is 0.472 e. The predicted octanol–water partition coefficient (Wildman–Crippen LogP) is 11.4. The van der Waals surface area contributed by atoms with E-state index >= 15 is 0 Å². The topological polar surface area (TPSA) is 155 Å². The van der Waals surface area contributed by atoms with Crippen LogP contribution in [0.2, 0.25) is 0 Å².